The van der Waals surface area contributed by atoms with Crippen LogP contribution in [-0.2, 0) is 17.8 Å². The van der Waals surface area contributed by atoms with Crippen LogP contribution in [0.15, 0.2) is 67.1 Å². The number of nitrogens with two attached hydrogens (primary N) is 1. The zero-order valence-corrected chi connectivity index (χ0v) is 20.9. The summed E-state index contributed by atoms with van der Waals surface area (Å²) in [6, 6.07) is 18.9. The van der Waals surface area contributed by atoms with Gasteiger partial charge in [0.15, 0.2) is 17.3 Å². The second-order valence-electron chi connectivity index (χ2n) is 9.20. The summed E-state index contributed by atoms with van der Waals surface area (Å²) in [7, 11) is 0. The lowest BCUT2D eigenvalue weighted by atomic mass is 10.0. The predicted octanol–water partition coefficient (Wildman–Crippen LogP) is 2.27. The normalized spacial score (nSPS) is 14.8. The summed E-state index contributed by atoms with van der Waals surface area (Å²) in [5, 5.41) is 20.5. The summed E-state index contributed by atoms with van der Waals surface area (Å²) in [5.41, 5.74) is 11.8. The second kappa shape index (κ2) is 10.3. The molecule has 1 aliphatic rings. The number of hydrogen-bond acceptors (Lipinski definition) is 9. The molecule has 5 aromatic rings. The first-order chi connectivity index (χ1) is 19.1. The van der Waals surface area contributed by atoms with Gasteiger partial charge in [0.05, 0.1) is 23.4 Å². The molecule has 39 heavy (non-hydrogen) atoms. The zero-order valence-electron chi connectivity index (χ0n) is 20.9. The number of aromatic nitrogens is 6. The van der Waals surface area contributed by atoms with Crippen molar-refractivity contribution < 1.29 is 4.79 Å². The molecule has 3 aromatic heterocycles. The van der Waals surface area contributed by atoms with Crippen LogP contribution in [-0.4, -0.2) is 48.0 Å². The predicted molar refractivity (Wildman–Crippen MR) is 144 cm³/mol. The minimum absolute atomic E-state index is 0.0332. The zero-order chi connectivity index (χ0) is 26.8. The van der Waals surface area contributed by atoms with Gasteiger partial charge in [0, 0.05) is 31.3 Å². The number of carbonyl (C=O) groups is 1. The standard InChI is InChI=1S/C28H24N10O/c29-14-17-4-3-7-19(12-17)24-25(21-8-10-31-16-34-21)38-27(26(30)36-24)35-23(37-38)13-18-5-1-2-6-20(18)15-33-22-9-11-32-28(22)39/h1-8,10,12,16,22,33H,9,11,13,15H2,(H2,30,36)(H,32,39)/t22-/m0/s1. The molecular formula is C28H24N10O. The smallest absolute Gasteiger partial charge is 0.237 e. The van der Waals surface area contributed by atoms with E-state index in [1.54, 1.807) is 35.0 Å². The van der Waals surface area contributed by atoms with Crippen molar-refractivity contribution in [2.45, 2.75) is 25.4 Å². The fourth-order valence-corrected chi connectivity index (χ4v) is 4.77. The van der Waals surface area contributed by atoms with Crippen molar-refractivity contribution in [2.75, 3.05) is 12.3 Å². The summed E-state index contributed by atoms with van der Waals surface area (Å²) in [6.45, 7) is 1.24. The lowest BCUT2D eigenvalue weighted by Gasteiger charge is -2.12. The first-order valence-corrected chi connectivity index (χ1v) is 12.5. The monoisotopic (exact) mass is 516 g/mol. The van der Waals surface area contributed by atoms with Crippen LogP contribution < -0.4 is 16.4 Å². The molecule has 0 radical (unpaired) electrons. The highest BCUT2D eigenvalue weighted by atomic mass is 16.2. The number of benzene rings is 2. The van der Waals surface area contributed by atoms with Crippen molar-refractivity contribution in [3.63, 3.8) is 0 Å². The number of hydrogen-bond donors (Lipinski definition) is 3. The molecule has 1 fully saturated rings. The van der Waals surface area contributed by atoms with Crippen LogP contribution >= 0.6 is 0 Å². The number of anilines is 1. The highest BCUT2D eigenvalue weighted by Gasteiger charge is 2.24. The summed E-state index contributed by atoms with van der Waals surface area (Å²) < 4.78 is 1.66. The van der Waals surface area contributed by atoms with Crippen molar-refractivity contribution in [1.82, 2.24) is 40.2 Å². The van der Waals surface area contributed by atoms with Crippen molar-refractivity contribution in [2.24, 2.45) is 0 Å². The molecule has 192 valence electrons. The molecule has 0 bridgehead atoms. The number of fused-ring (bicyclic) bond motifs is 1. The van der Waals surface area contributed by atoms with Gasteiger partial charge >= 0.3 is 0 Å². The number of rotatable bonds is 7. The Morgan fingerprint density at radius 2 is 2.00 bits per heavy atom. The molecule has 1 amide bonds. The van der Waals surface area contributed by atoms with Gasteiger partial charge in [0.25, 0.3) is 0 Å². The van der Waals surface area contributed by atoms with Gasteiger partial charge in [0.2, 0.25) is 5.91 Å². The number of carbonyl (C=O) groups excluding carboxylic acids is 1. The van der Waals surface area contributed by atoms with Gasteiger partial charge in [0.1, 0.15) is 17.7 Å². The molecule has 0 saturated carbocycles. The van der Waals surface area contributed by atoms with E-state index < -0.39 is 0 Å². The fraction of sp³-hybridized carbons (Fsp3) is 0.179. The van der Waals surface area contributed by atoms with Crippen LogP contribution in [0.5, 0.6) is 0 Å². The third-order valence-corrected chi connectivity index (χ3v) is 6.69. The molecule has 6 rings (SSSR count). The van der Waals surface area contributed by atoms with E-state index in [4.69, 9.17) is 15.8 Å². The molecule has 1 aliphatic heterocycles. The van der Waals surface area contributed by atoms with Gasteiger partial charge < -0.3 is 16.4 Å². The number of amides is 1. The van der Waals surface area contributed by atoms with Crippen molar-refractivity contribution >= 4 is 17.4 Å². The Bertz CT molecular complexity index is 1720. The Morgan fingerprint density at radius 3 is 2.77 bits per heavy atom. The Hall–Kier alpha value is -5.21. The Morgan fingerprint density at radius 1 is 1.13 bits per heavy atom. The van der Waals surface area contributed by atoms with E-state index in [1.165, 1.54) is 6.33 Å². The third-order valence-electron chi connectivity index (χ3n) is 6.69. The van der Waals surface area contributed by atoms with E-state index >= 15 is 0 Å². The minimum atomic E-state index is -0.189. The Labute approximate surface area is 223 Å². The lowest BCUT2D eigenvalue weighted by molar-refractivity contribution is -0.120. The highest BCUT2D eigenvalue weighted by molar-refractivity contribution is 5.84. The van der Waals surface area contributed by atoms with E-state index in [2.05, 4.69) is 31.7 Å². The maximum atomic E-state index is 12.0. The van der Waals surface area contributed by atoms with Crippen LogP contribution in [0.1, 0.15) is 28.9 Å². The van der Waals surface area contributed by atoms with E-state index in [1.807, 2.05) is 30.3 Å². The summed E-state index contributed by atoms with van der Waals surface area (Å²) >= 11 is 0. The van der Waals surface area contributed by atoms with Crippen LogP contribution in [0.4, 0.5) is 5.82 Å². The average molecular weight is 517 g/mol. The molecule has 1 atom stereocenters. The van der Waals surface area contributed by atoms with E-state index in [-0.39, 0.29) is 17.8 Å². The second-order valence-corrected chi connectivity index (χ2v) is 9.20. The summed E-state index contributed by atoms with van der Waals surface area (Å²) in [5.74, 6) is 0.810. The quantitative estimate of drug-likeness (QED) is 0.295. The fourth-order valence-electron chi connectivity index (χ4n) is 4.77. The average Bonchev–Trinajstić information content (AvgIpc) is 3.59. The SMILES string of the molecule is N#Cc1cccc(-c2nc(N)c3nc(Cc4ccccc4CN[C@H]4CCNC4=O)nn3c2-c2ccncn2)c1. The molecule has 4 N–H and O–H groups in total. The van der Waals surface area contributed by atoms with Gasteiger partial charge in [-0.3, -0.25) is 4.79 Å². The van der Waals surface area contributed by atoms with Crippen molar-refractivity contribution in [3.8, 4) is 28.7 Å². The van der Waals surface area contributed by atoms with Gasteiger partial charge in [-0.05, 0) is 35.7 Å². The molecule has 0 aliphatic carbocycles. The van der Waals surface area contributed by atoms with Gasteiger partial charge in [-0.1, -0.05) is 36.4 Å². The number of nitrogens with one attached hydrogen (secondary N) is 2. The molecule has 2 aromatic carbocycles. The molecule has 0 spiro atoms. The van der Waals surface area contributed by atoms with Crippen LogP contribution in [0.2, 0.25) is 0 Å². The lowest BCUT2D eigenvalue weighted by Crippen LogP contribution is -2.35. The van der Waals surface area contributed by atoms with Crippen LogP contribution in [0, 0.1) is 11.3 Å². The topological polar surface area (TPSA) is 160 Å². The van der Waals surface area contributed by atoms with Crippen molar-refractivity contribution in [1.29, 1.82) is 5.26 Å². The summed E-state index contributed by atoms with van der Waals surface area (Å²) in [4.78, 5) is 29.9. The van der Waals surface area contributed by atoms with Gasteiger partial charge in [-0.15, -0.1) is 0 Å². The molecular weight excluding hydrogens is 492 g/mol. The van der Waals surface area contributed by atoms with Gasteiger partial charge in [-0.25, -0.2) is 24.5 Å². The first kappa shape index (κ1) is 24.1. The number of nitrogens with zero attached hydrogens (tertiary/aromatic N) is 7. The maximum absolute atomic E-state index is 12.0. The van der Waals surface area contributed by atoms with E-state index in [9.17, 15) is 10.1 Å². The molecule has 4 heterocycles. The largest absolute Gasteiger partial charge is 0.381 e. The maximum Gasteiger partial charge on any atom is 0.237 e. The third kappa shape index (κ3) is 4.76. The summed E-state index contributed by atoms with van der Waals surface area (Å²) in [6.07, 6.45) is 4.33. The highest BCUT2D eigenvalue weighted by Crippen LogP contribution is 2.32. The molecule has 1 saturated heterocycles. The van der Waals surface area contributed by atoms with E-state index in [0.29, 0.717) is 59.2 Å². The van der Waals surface area contributed by atoms with Crippen LogP contribution in [0.25, 0.3) is 28.3 Å². The molecule has 11 heteroatoms. The molecule has 11 nitrogen and oxygen atoms in total. The first-order valence-electron chi connectivity index (χ1n) is 12.5. The van der Waals surface area contributed by atoms with Crippen LogP contribution in [0.3, 0.4) is 0 Å². The number of nitrogen functional groups attached to an aromatic ring is 1. The van der Waals surface area contributed by atoms with Gasteiger partial charge in [-0.2, -0.15) is 10.4 Å². The Kier molecular flexibility index (Phi) is 6.36. The Balaban J connectivity index is 1.41. The number of nitriles is 1. The van der Waals surface area contributed by atoms with E-state index in [0.717, 1.165) is 17.5 Å². The van der Waals surface area contributed by atoms with Crippen molar-refractivity contribution in [3.05, 3.63) is 89.6 Å². The molecule has 0 unspecified atom stereocenters. The minimum Gasteiger partial charge on any atom is -0.381 e.